The Balaban J connectivity index is 1.78. The van der Waals surface area contributed by atoms with Gasteiger partial charge in [-0.15, -0.1) is 0 Å². The van der Waals surface area contributed by atoms with Gasteiger partial charge < -0.3 is 4.90 Å². The highest BCUT2D eigenvalue weighted by atomic mass is 32.1. The number of aromatic amines is 1. The molecule has 0 saturated heterocycles. The van der Waals surface area contributed by atoms with Crippen LogP contribution in [0.25, 0.3) is 11.4 Å². The van der Waals surface area contributed by atoms with Gasteiger partial charge in [-0.25, -0.2) is 0 Å². The van der Waals surface area contributed by atoms with E-state index in [4.69, 9.17) is 12.2 Å². The van der Waals surface area contributed by atoms with Crippen molar-refractivity contribution in [3.8, 4) is 11.4 Å². The number of likely N-dealkylation sites (N-methyl/N-ethyl adjacent to an activating group) is 1. The first-order valence-corrected chi connectivity index (χ1v) is 8.86. The summed E-state index contributed by atoms with van der Waals surface area (Å²) in [6.45, 7) is 4.78. The Morgan fingerprint density at radius 2 is 1.88 bits per heavy atom. The summed E-state index contributed by atoms with van der Waals surface area (Å²) in [5.41, 5.74) is 4.37. The van der Waals surface area contributed by atoms with Gasteiger partial charge in [-0.3, -0.25) is 14.5 Å². The topological polar surface area (TPSA) is 53.9 Å². The normalized spacial score (nSPS) is 10.7. The fraction of sp³-hybridized carbons (Fsp3) is 0.250. The molecule has 0 atom stereocenters. The van der Waals surface area contributed by atoms with Crippen LogP contribution >= 0.6 is 12.2 Å². The minimum absolute atomic E-state index is 0.0167. The van der Waals surface area contributed by atoms with Crippen molar-refractivity contribution >= 4 is 18.1 Å². The molecule has 0 bridgehead atoms. The Hall–Kier alpha value is -2.73. The summed E-state index contributed by atoms with van der Waals surface area (Å²) in [4.78, 5) is 14.4. The second-order valence-corrected chi connectivity index (χ2v) is 6.93. The molecule has 3 aromatic rings. The van der Waals surface area contributed by atoms with Gasteiger partial charge in [0.05, 0.1) is 0 Å². The Morgan fingerprint density at radius 3 is 2.58 bits per heavy atom. The van der Waals surface area contributed by atoms with Crippen molar-refractivity contribution in [2.75, 3.05) is 7.05 Å². The smallest absolute Gasteiger partial charge is 0.242 e. The third-order valence-electron chi connectivity index (χ3n) is 4.29. The molecule has 0 aliphatic rings. The van der Waals surface area contributed by atoms with E-state index >= 15 is 0 Å². The molecule has 0 unspecified atom stereocenters. The first-order chi connectivity index (χ1) is 12.4. The Bertz CT molecular complexity index is 972. The summed E-state index contributed by atoms with van der Waals surface area (Å²) >= 11 is 5.33. The van der Waals surface area contributed by atoms with Crippen LogP contribution < -0.4 is 0 Å². The average Bonchev–Trinajstić information content (AvgIpc) is 2.97. The van der Waals surface area contributed by atoms with Crippen LogP contribution in [0.4, 0.5) is 0 Å². The molecule has 0 spiro atoms. The number of benzene rings is 2. The summed E-state index contributed by atoms with van der Waals surface area (Å²) in [6, 6.07) is 16.2. The second-order valence-electron chi connectivity index (χ2n) is 6.54. The van der Waals surface area contributed by atoms with Crippen molar-refractivity contribution in [1.82, 2.24) is 19.7 Å². The fourth-order valence-electron chi connectivity index (χ4n) is 2.78. The quantitative estimate of drug-likeness (QED) is 0.697. The Kier molecular flexibility index (Phi) is 5.32. The molecule has 0 aliphatic heterocycles. The highest BCUT2D eigenvalue weighted by molar-refractivity contribution is 7.71. The molecular formula is C20H22N4OS. The number of H-pyrrole nitrogens is 1. The van der Waals surface area contributed by atoms with Gasteiger partial charge in [0.25, 0.3) is 0 Å². The number of nitrogens with zero attached hydrogens (tertiary/aromatic N) is 3. The predicted octanol–water partition coefficient (Wildman–Crippen LogP) is 3.88. The molecule has 0 aliphatic carbocycles. The second kappa shape index (κ2) is 7.66. The molecule has 134 valence electrons. The van der Waals surface area contributed by atoms with Gasteiger partial charge in [0.15, 0.2) is 10.6 Å². The molecule has 26 heavy (non-hydrogen) atoms. The maximum Gasteiger partial charge on any atom is 0.242 e. The number of hydrogen-bond acceptors (Lipinski definition) is 3. The Morgan fingerprint density at radius 1 is 1.15 bits per heavy atom. The van der Waals surface area contributed by atoms with Gasteiger partial charge in [0, 0.05) is 19.2 Å². The zero-order valence-corrected chi connectivity index (χ0v) is 16.0. The van der Waals surface area contributed by atoms with E-state index in [0.29, 0.717) is 17.1 Å². The monoisotopic (exact) mass is 366 g/mol. The van der Waals surface area contributed by atoms with E-state index in [1.165, 1.54) is 5.56 Å². The molecule has 0 saturated carbocycles. The van der Waals surface area contributed by atoms with Crippen LogP contribution in [0.15, 0.2) is 48.5 Å². The van der Waals surface area contributed by atoms with Crippen molar-refractivity contribution in [2.45, 2.75) is 26.9 Å². The van der Waals surface area contributed by atoms with Crippen molar-refractivity contribution in [3.05, 3.63) is 70.0 Å². The lowest BCUT2D eigenvalue weighted by Crippen LogP contribution is -2.30. The van der Waals surface area contributed by atoms with E-state index in [2.05, 4.69) is 22.3 Å². The average molecular weight is 366 g/mol. The van der Waals surface area contributed by atoms with Crippen LogP contribution in [-0.2, 0) is 17.9 Å². The number of aromatic nitrogens is 3. The lowest BCUT2D eigenvalue weighted by Gasteiger charge is -2.18. The van der Waals surface area contributed by atoms with E-state index in [1.54, 1.807) is 16.5 Å². The van der Waals surface area contributed by atoms with Gasteiger partial charge in [-0.2, -0.15) is 5.10 Å². The van der Waals surface area contributed by atoms with E-state index in [0.717, 1.165) is 16.7 Å². The van der Waals surface area contributed by atoms with Crippen LogP contribution in [0, 0.1) is 18.6 Å². The number of carbonyl (C=O) groups excluding carboxylic acids is 1. The molecule has 6 heteroatoms. The summed E-state index contributed by atoms with van der Waals surface area (Å²) in [7, 11) is 1.80. The van der Waals surface area contributed by atoms with Gasteiger partial charge >= 0.3 is 0 Å². The van der Waals surface area contributed by atoms with Crippen LogP contribution in [0.5, 0.6) is 0 Å². The van der Waals surface area contributed by atoms with Crippen LogP contribution in [0.1, 0.15) is 16.7 Å². The molecule has 0 radical (unpaired) electrons. The van der Waals surface area contributed by atoms with Gasteiger partial charge in [0.2, 0.25) is 5.91 Å². The van der Waals surface area contributed by atoms with Crippen LogP contribution in [-0.4, -0.2) is 32.6 Å². The largest absolute Gasteiger partial charge is 0.340 e. The maximum atomic E-state index is 12.7. The molecule has 1 N–H and O–H groups in total. The minimum atomic E-state index is -0.0167. The summed E-state index contributed by atoms with van der Waals surface area (Å²) < 4.78 is 2.19. The third-order valence-corrected chi connectivity index (χ3v) is 4.61. The number of amides is 1. The summed E-state index contributed by atoms with van der Waals surface area (Å²) in [6.07, 6.45) is 0. The van der Waals surface area contributed by atoms with Crippen LogP contribution in [0.2, 0.25) is 0 Å². The zero-order chi connectivity index (χ0) is 18.7. The fourth-order valence-corrected chi connectivity index (χ4v) is 2.98. The van der Waals surface area contributed by atoms with E-state index < -0.39 is 0 Å². The highest BCUT2D eigenvalue weighted by Crippen LogP contribution is 2.19. The SMILES string of the molecule is Cc1ccc(CN(C)C(=O)Cn2c(-c3cccc(C)c3)n[nH]c2=S)cc1. The van der Waals surface area contributed by atoms with Gasteiger partial charge in [-0.1, -0.05) is 53.6 Å². The molecule has 1 heterocycles. The van der Waals surface area contributed by atoms with E-state index in [9.17, 15) is 4.79 Å². The van der Waals surface area contributed by atoms with Crippen molar-refractivity contribution < 1.29 is 4.79 Å². The summed E-state index contributed by atoms with van der Waals surface area (Å²) in [5.74, 6) is 0.660. The summed E-state index contributed by atoms with van der Waals surface area (Å²) in [5, 5.41) is 7.11. The standard InChI is InChI=1S/C20H22N4OS/c1-14-7-9-16(10-8-14)12-23(3)18(25)13-24-19(21-22-20(24)26)17-6-4-5-15(2)11-17/h4-11H,12-13H2,1-3H3,(H,22,26). The maximum absolute atomic E-state index is 12.7. The third kappa shape index (κ3) is 4.08. The number of nitrogens with one attached hydrogen (secondary N) is 1. The first kappa shape index (κ1) is 18.1. The highest BCUT2D eigenvalue weighted by Gasteiger charge is 2.15. The lowest BCUT2D eigenvalue weighted by atomic mass is 10.1. The van der Waals surface area contributed by atoms with Crippen molar-refractivity contribution in [1.29, 1.82) is 0 Å². The predicted molar refractivity (Wildman–Crippen MR) is 105 cm³/mol. The molecule has 1 aromatic heterocycles. The molecule has 2 aromatic carbocycles. The lowest BCUT2D eigenvalue weighted by molar-refractivity contribution is -0.131. The molecular weight excluding hydrogens is 344 g/mol. The number of hydrogen-bond donors (Lipinski definition) is 1. The number of aryl methyl sites for hydroxylation is 2. The Labute approximate surface area is 158 Å². The molecule has 0 fully saturated rings. The van der Waals surface area contributed by atoms with Crippen LogP contribution in [0.3, 0.4) is 0 Å². The van der Waals surface area contributed by atoms with E-state index in [1.807, 2.05) is 50.2 Å². The first-order valence-electron chi connectivity index (χ1n) is 8.46. The minimum Gasteiger partial charge on any atom is -0.340 e. The van der Waals surface area contributed by atoms with Crippen molar-refractivity contribution in [2.24, 2.45) is 0 Å². The number of carbonyl (C=O) groups is 1. The van der Waals surface area contributed by atoms with Gasteiger partial charge in [-0.05, 0) is 37.7 Å². The van der Waals surface area contributed by atoms with E-state index in [-0.39, 0.29) is 12.5 Å². The molecule has 3 rings (SSSR count). The molecule has 5 nitrogen and oxygen atoms in total. The number of rotatable bonds is 5. The van der Waals surface area contributed by atoms with Gasteiger partial charge in [0.1, 0.15) is 6.54 Å². The zero-order valence-electron chi connectivity index (χ0n) is 15.2. The van der Waals surface area contributed by atoms with Crippen molar-refractivity contribution in [3.63, 3.8) is 0 Å². The molecule has 1 amide bonds.